The highest BCUT2D eigenvalue weighted by Crippen LogP contribution is 2.36. The Morgan fingerprint density at radius 3 is 2.55 bits per heavy atom. The number of carbonyl (C=O) groups excluding carboxylic acids is 1. The van der Waals surface area contributed by atoms with Gasteiger partial charge in [0.05, 0.1) is 17.0 Å². The molecule has 0 bridgehead atoms. The van der Waals surface area contributed by atoms with Gasteiger partial charge in [0.15, 0.2) is 0 Å². The molecule has 8 heteroatoms. The van der Waals surface area contributed by atoms with Crippen LogP contribution in [-0.4, -0.2) is 27.4 Å². The number of rotatable bonds is 6. The Balaban J connectivity index is 1.43. The fourth-order valence-corrected chi connectivity index (χ4v) is 6.30. The smallest absolute Gasteiger partial charge is 0.264 e. The second kappa shape index (κ2) is 11.8. The van der Waals surface area contributed by atoms with Crippen LogP contribution < -0.4 is 14.4 Å². The van der Waals surface area contributed by atoms with Crippen molar-refractivity contribution >= 4 is 33.2 Å². The number of nitrogens with one attached hydrogen (secondary N) is 1. The Labute approximate surface area is 230 Å². The summed E-state index contributed by atoms with van der Waals surface area (Å²) >= 11 is 6.27. The third-order valence-electron chi connectivity index (χ3n) is 7.42. The van der Waals surface area contributed by atoms with Gasteiger partial charge in [-0.15, -0.1) is 0 Å². The van der Waals surface area contributed by atoms with Crippen LogP contribution in [0.3, 0.4) is 0 Å². The Hall–Kier alpha value is -3.03. The van der Waals surface area contributed by atoms with Crippen LogP contribution in [0.5, 0.6) is 5.75 Å². The molecule has 1 saturated carbocycles. The third-order valence-corrected chi connectivity index (χ3v) is 9.02. The summed E-state index contributed by atoms with van der Waals surface area (Å²) in [6.07, 6.45) is 6.47. The molecule has 0 atom stereocenters. The molecule has 1 aliphatic heterocycles. The van der Waals surface area contributed by atoms with Crippen LogP contribution in [0.25, 0.3) is 0 Å². The number of halogens is 1. The van der Waals surface area contributed by atoms with Crippen LogP contribution in [-0.2, 0) is 34.3 Å². The SMILES string of the molecule is O=C(Cc1ccccc1)NS(=O)(=O)c1ccc2c(c1)N(CC1CCC1)CCCCc1cc(Cl)ccc1CO2. The van der Waals surface area contributed by atoms with Crippen LogP contribution in [0, 0.1) is 5.92 Å². The number of nitrogens with zero attached hydrogens (tertiary/aromatic N) is 1. The average molecular weight is 553 g/mol. The predicted molar refractivity (Wildman–Crippen MR) is 150 cm³/mol. The average Bonchev–Trinajstić information content (AvgIpc) is 2.89. The summed E-state index contributed by atoms with van der Waals surface area (Å²) in [5.74, 6) is 0.669. The highest BCUT2D eigenvalue weighted by molar-refractivity contribution is 7.90. The molecule has 0 unspecified atom stereocenters. The van der Waals surface area contributed by atoms with Crippen molar-refractivity contribution in [3.8, 4) is 5.75 Å². The summed E-state index contributed by atoms with van der Waals surface area (Å²) in [4.78, 5) is 14.9. The quantitative estimate of drug-likeness (QED) is 0.411. The first kappa shape index (κ1) is 26.6. The first-order valence-electron chi connectivity index (χ1n) is 13.3. The largest absolute Gasteiger partial charge is 0.487 e. The van der Waals surface area contributed by atoms with E-state index in [9.17, 15) is 13.2 Å². The predicted octanol–water partition coefficient (Wildman–Crippen LogP) is 5.91. The van der Waals surface area contributed by atoms with E-state index in [-0.39, 0.29) is 11.3 Å². The lowest BCUT2D eigenvalue weighted by atomic mass is 9.85. The molecule has 1 amide bonds. The second-order valence-electron chi connectivity index (χ2n) is 10.2. The van der Waals surface area contributed by atoms with Gasteiger partial charge in [0.25, 0.3) is 10.0 Å². The number of hydrogen-bond acceptors (Lipinski definition) is 5. The molecule has 6 nitrogen and oxygen atoms in total. The number of amides is 1. The van der Waals surface area contributed by atoms with Gasteiger partial charge in [-0.05, 0) is 85.0 Å². The zero-order valence-electron chi connectivity index (χ0n) is 21.4. The van der Waals surface area contributed by atoms with E-state index in [0.29, 0.717) is 18.3 Å². The second-order valence-corrected chi connectivity index (χ2v) is 12.3. The Morgan fingerprint density at radius 2 is 1.79 bits per heavy atom. The highest BCUT2D eigenvalue weighted by Gasteiger charge is 2.26. The van der Waals surface area contributed by atoms with Crippen LogP contribution >= 0.6 is 11.6 Å². The zero-order chi connectivity index (χ0) is 26.5. The highest BCUT2D eigenvalue weighted by atomic mass is 35.5. The summed E-state index contributed by atoms with van der Waals surface area (Å²) in [6.45, 7) is 2.03. The van der Waals surface area contributed by atoms with E-state index in [4.69, 9.17) is 16.3 Å². The van der Waals surface area contributed by atoms with Crippen LogP contribution in [0.15, 0.2) is 71.6 Å². The van der Waals surface area contributed by atoms with E-state index in [2.05, 4.69) is 9.62 Å². The maximum Gasteiger partial charge on any atom is 0.264 e. The standard InChI is InChI=1S/C30H33ClN2O4S/c31-26-13-12-25-21-37-29-15-14-27(38(35,36)32-30(34)17-22-7-2-1-3-8-22)19-28(29)33(20-23-9-6-10-23)16-5-4-11-24(25)18-26/h1-3,7-8,12-15,18-19,23H,4-6,9-11,16-17,20-21H2,(H,32,34). The van der Waals surface area contributed by atoms with Gasteiger partial charge in [-0.3, -0.25) is 4.79 Å². The molecule has 3 aromatic rings. The molecule has 5 rings (SSSR count). The van der Waals surface area contributed by atoms with Gasteiger partial charge in [0, 0.05) is 18.1 Å². The summed E-state index contributed by atoms with van der Waals surface area (Å²) in [5.41, 5.74) is 3.78. The van der Waals surface area contributed by atoms with Crippen molar-refractivity contribution in [1.29, 1.82) is 0 Å². The minimum atomic E-state index is -4.05. The summed E-state index contributed by atoms with van der Waals surface area (Å²) in [6, 6.07) is 19.9. The van der Waals surface area contributed by atoms with E-state index in [0.717, 1.165) is 54.2 Å². The van der Waals surface area contributed by atoms with Gasteiger partial charge < -0.3 is 9.64 Å². The van der Waals surface area contributed by atoms with Gasteiger partial charge in [-0.25, -0.2) is 13.1 Å². The molecule has 0 spiro atoms. The molecule has 0 radical (unpaired) electrons. The van der Waals surface area contributed by atoms with E-state index in [1.165, 1.54) is 30.9 Å². The summed E-state index contributed by atoms with van der Waals surface area (Å²) < 4.78 is 35.0. The molecule has 3 aromatic carbocycles. The van der Waals surface area contributed by atoms with E-state index in [1.807, 2.05) is 36.4 Å². The monoisotopic (exact) mass is 552 g/mol. The lowest BCUT2D eigenvalue weighted by Gasteiger charge is -2.34. The van der Waals surface area contributed by atoms with E-state index >= 15 is 0 Å². The Kier molecular flexibility index (Phi) is 8.24. The molecule has 38 heavy (non-hydrogen) atoms. The number of ether oxygens (including phenoxy) is 1. The number of benzene rings is 3. The summed E-state index contributed by atoms with van der Waals surface area (Å²) in [5, 5.41) is 0.717. The molecule has 1 heterocycles. The fraction of sp³-hybridized carbons (Fsp3) is 0.367. The lowest BCUT2D eigenvalue weighted by molar-refractivity contribution is -0.118. The lowest BCUT2D eigenvalue weighted by Crippen LogP contribution is -2.34. The topological polar surface area (TPSA) is 75.7 Å². The van der Waals surface area contributed by atoms with E-state index < -0.39 is 15.9 Å². The molecule has 1 aliphatic carbocycles. The molecular formula is C30H33ClN2O4S. The number of carbonyl (C=O) groups is 1. The first-order chi connectivity index (χ1) is 18.4. The van der Waals surface area contributed by atoms with E-state index in [1.54, 1.807) is 24.3 Å². The molecule has 1 fully saturated rings. The van der Waals surface area contributed by atoms with Crippen molar-refractivity contribution < 1.29 is 17.9 Å². The number of anilines is 1. The van der Waals surface area contributed by atoms with Gasteiger partial charge in [0.2, 0.25) is 5.91 Å². The first-order valence-corrected chi connectivity index (χ1v) is 15.1. The van der Waals surface area contributed by atoms with Gasteiger partial charge >= 0.3 is 0 Å². The number of aryl methyl sites for hydroxylation is 1. The number of fused-ring (bicyclic) bond motifs is 2. The van der Waals surface area contributed by atoms with Crippen molar-refractivity contribution in [2.45, 2.75) is 56.4 Å². The molecule has 200 valence electrons. The van der Waals surface area contributed by atoms with Crippen LogP contribution in [0.4, 0.5) is 5.69 Å². The van der Waals surface area contributed by atoms with Gasteiger partial charge in [-0.1, -0.05) is 54.4 Å². The van der Waals surface area contributed by atoms with Crippen molar-refractivity contribution in [1.82, 2.24) is 4.72 Å². The Morgan fingerprint density at radius 1 is 0.974 bits per heavy atom. The van der Waals surface area contributed by atoms with Gasteiger partial charge in [-0.2, -0.15) is 0 Å². The minimum Gasteiger partial charge on any atom is -0.487 e. The number of hydrogen-bond donors (Lipinski definition) is 1. The molecule has 0 aromatic heterocycles. The molecular weight excluding hydrogens is 520 g/mol. The molecule has 1 N–H and O–H groups in total. The van der Waals surface area contributed by atoms with Crippen molar-refractivity contribution in [3.63, 3.8) is 0 Å². The maximum absolute atomic E-state index is 13.2. The fourth-order valence-electron chi connectivity index (χ4n) is 5.10. The van der Waals surface area contributed by atoms with Crippen LogP contribution in [0.1, 0.15) is 48.8 Å². The summed E-state index contributed by atoms with van der Waals surface area (Å²) in [7, 11) is -4.05. The third kappa shape index (κ3) is 6.51. The molecule has 2 aliphatic rings. The zero-order valence-corrected chi connectivity index (χ0v) is 22.9. The van der Waals surface area contributed by atoms with Crippen molar-refractivity contribution in [3.05, 3.63) is 88.4 Å². The van der Waals surface area contributed by atoms with Crippen LogP contribution in [0.2, 0.25) is 5.02 Å². The number of sulfonamides is 1. The van der Waals surface area contributed by atoms with Crippen molar-refractivity contribution in [2.75, 3.05) is 18.0 Å². The maximum atomic E-state index is 13.2. The van der Waals surface area contributed by atoms with Crippen molar-refractivity contribution in [2.24, 2.45) is 5.92 Å². The minimum absolute atomic E-state index is 0.00858. The molecule has 0 saturated heterocycles. The normalized spacial score (nSPS) is 16.3. The van der Waals surface area contributed by atoms with Gasteiger partial charge in [0.1, 0.15) is 12.4 Å². The Bertz CT molecular complexity index is 1390.